The molecule has 1 aromatic carbocycles. The Kier molecular flexibility index (Phi) is 5.64. The monoisotopic (exact) mass is 285 g/mol. The van der Waals surface area contributed by atoms with Gasteiger partial charge in [-0.2, -0.15) is 8.78 Å². The lowest BCUT2D eigenvalue weighted by Gasteiger charge is -2.14. The summed E-state index contributed by atoms with van der Waals surface area (Å²) in [7, 11) is 0. The zero-order chi connectivity index (χ0) is 15.1. The molecule has 0 saturated heterocycles. The Bertz CT molecular complexity index is 517. The Balaban J connectivity index is 2.69. The van der Waals surface area contributed by atoms with Gasteiger partial charge in [0.05, 0.1) is 6.04 Å². The average molecular weight is 285 g/mol. The van der Waals surface area contributed by atoms with Crippen LogP contribution in [0.25, 0.3) is 0 Å². The molecule has 5 nitrogen and oxygen atoms in total. The highest BCUT2D eigenvalue weighted by Gasteiger charge is 2.10. The number of carbonyl (C=O) groups is 2. The third-order valence-electron chi connectivity index (χ3n) is 2.32. The lowest BCUT2D eigenvalue weighted by Crippen LogP contribution is -2.24. The van der Waals surface area contributed by atoms with Crippen molar-refractivity contribution in [2.75, 3.05) is 0 Å². The van der Waals surface area contributed by atoms with E-state index in [4.69, 9.17) is 5.11 Å². The van der Waals surface area contributed by atoms with Crippen LogP contribution in [0.3, 0.4) is 0 Å². The first-order valence-electron chi connectivity index (χ1n) is 5.64. The summed E-state index contributed by atoms with van der Waals surface area (Å²) in [5, 5.41) is 10.9. The second-order valence-electron chi connectivity index (χ2n) is 3.85. The fraction of sp³-hybridized carbons (Fsp3) is 0.231. The minimum atomic E-state index is -2.92. The number of carbonyl (C=O) groups excluding carboxylic acids is 1. The van der Waals surface area contributed by atoms with Crippen LogP contribution in [0.4, 0.5) is 8.78 Å². The third-order valence-corrected chi connectivity index (χ3v) is 2.32. The molecule has 20 heavy (non-hydrogen) atoms. The van der Waals surface area contributed by atoms with E-state index in [9.17, 15) is 18.4 Å². The van der Waals surface area contributed by atoms with Crippen molar-refractivity contribution in [1.29, 1.82) is 0 Å². The number of carboxylic acids is 1. The predicted molar refractivity (Wildman–Crippen MR) is 66.4 cm³/mol. The SMILES string of the molecule is CC(NC(=O)/C=C/C(=O)O)c1cccc(OC(F)F)c1. The molecule has 108 valence electrons. The maximum absolute atomic E-state index is 12.1. The van der Waals surface area contributed by atoms with Gasteiger partial charge in [-0.05, 0) is 24.6 Å². The largest absolute Gasteiger partial charge is 0.478 e. The van der Waals surface area contributed by atoms with Crippen LogP contribution < -0.4 is 10.1 Å². The first-order chi connectivity index (χ1) is 9.38. The van der Waals surface area contributed by atoms with Crippen LogP contribution in [0.1, 0.15) is 18.5 Å². The molecule has 0 aliphatic heterocycles. The molecule has 1 aromatic rings. The summed E-state index contributed by atoms with van der Waals surface area (Å²) >= 11 is 0. The van der Waals surface area contributed by atoms with E-state index < -0.39 is 24.5 Å². The molecule has 0 aliphatic carbocycles. The molecule has 0 spiro atoms. The number of hydrogen-bond donors (Lipinski definition) is 2. The Hall–Kier alpha value is -2.44. The fourth-order valence-corrected chi connectivity index (χ4v) is 1.45. The molecule has 0 bridgehead atoms. The molecule has 1 rings (SSSR count). The van der Waals surface area contributed by atoms with Crippen molar-refractivity contribution in [3.8, 4) is 5.75 Å². The van der Waals surface area contributed by atoms with Crippen molar-refractivity contribution in [2.24, 2.45) is 0 Å². The maximum Gasteiger partial charge on any atom is 0.387 e. The van der Waals surface area contributed by atoms with Crippen LogP contribution in [0.2, 0.25) is 0 Å². The van der Waals surface area contributed by atoms with Gasteiger partial charge < -0.3 is 15.2 Å². The van der Waals surface area contributed by atoms with Gasteiger partial charge in [0.2, 0.25) is 5.91 Å². The number of hydrogen-bond acceptors (Lipinski definition) is 3. The number of carboxylic acid groups (broad SMARTS) is 1. The van der Waals surface area contributed by atoms with Crippen LogP contribution in [0.5, 0.6) is 5.75 Å². The van der Waals surface area contributed by atoms with Gasteiger partial charge in [0, 0.05) is 12.2 Å². The molecule has 0 saturated carbocycles. The molecular weight excluding hydrogens is 272 g/mol. The molecule has 0 heterocycles. The van der Waals surface area contributed by atoms with E-state index in [2.05, 4.69) is 10.1 Å². The van der Waals surface area contributed by atoms with E-state index in [0.29, 0.717) is 11.6 Å². The summed E-state index contributed by atoms with van der Waals surface area (Å²) in [6.45, 7) is -1.29. The molecule has 2 N–H and O–H groups in total. The van der Waals surface area contributed by atoms with Gasteiger partial charge in [0.1, 0.15) is 5.75 Å². The topological polar surface area (TPSA) is 75.6 Å². The number of amides is 1. The van der Waals surface area contributed by atoms with Crippen molar-refractivity contribution in [3.05, 3.63) is 42.0 Å². The number of ether oxygens (including phenoxy) is 1. The summed E-state index contributed by atoms with van der Waals surface area (Å²) in [4.78, 5) is 21.6. The highest BCUT2D eigenvalue weighted by atomic mass is 19.3. The standard InChI is InChI=1S/C13H13F2NO4/c1-8(16-11(17)5-6-12(18)19)9-3-2-4-10(7-9)20-13(14)15/h2-8,13H,1H3,(H,16,17)(H,18,19)/b6-5+. The molecule has 0 fully saturated rings. The van der Waals surface area contributed by atoms with Gasteiger partial charge in [-0.25, -0.2) is 4.79 Å². The molecule has 0 aliphatic rings. The zero-order valence-corrected chi connectivity index (χ0v) is 10.5. The highest BCUT2D eigenvalue weighted by Crippen LogP contribution is 2.20. The molecule has 1 unspecified atom stereocenters. The van der Waals surface area contributed by atoms with Crippen molar-refractivity contribution in [1.82, 2.24) is 5.32 Å². The Morgan fingerprint density at radius 1 is 1.35 bits per heavy atom. The predicted octanol–water partition coefficient (Wildman–Crippen LogP) is 2.11. The fourth-order valence-electron chi connectivity index (χ4n) is 1.45. The van der Waals surface area contributed by atoms with Crippen LogP contribution in [0, 0.1) is 0 Å². The van der Waals surface area contributed by atoms with Crippen LogP contribution in [0.15, 0.2) is 36.4 Å². The maximum atomic E-state index is 12.1. The Morgan fingerprint density at radius 2 is 2.05 bits per heavy atom. The number of aliphatic carboxylic acids is 1. The van der Waals surface area contributed by atoms with Gasteiger partial charge in [-0.3, -0.25) is 4.79 Å². The molecular formula is C13H13F2NO4. The number of alkyl halides is 2. The summed E-state index contributed by atoms with van der Waals surface area (Å²) in [5.74, 6) is -1.85. The van der Waals surface area contributed by atoms with Crippen molar-refractivity contribution >= 4 is 11.9 Å². The van der Waals surface area contributed by atoms with Gasteiger partial charge in [0.25, 0.3) is 0 Å². The molecule has 1 atom stereocenters. The third kappa shape index (κ3) is 5.47. The summed E-state index contributed by atoms with van der Waals surface area (Å²) in [6, 6.07) is 5.40. The number of benzene rings is 1. The molecule has 7 heteroatoms. The van der Waals surface area contributed by atoms with Gasteiger partial charge in [0.15, 0.2) is 0 Å². The molecule has 0 aromatic heterocycles. The van der Waals surface area contributed by atoms with Crippen molar-refractivity contribution < 1.29 is 28.2 Å². The molecule has 1 amide bonds. The van der Waals surface area contributed by atoms with E-state index in [0.717, 1.165) is 6.08 Å². The van der Waals surface area contributed by atoms with Crippen LogP contribution >= 0.6 is 0 Å². The van der Waals surface area contributed by atoms with Crippen LogP contribution in [-0.2, 0) is 9.59 Å². The smallest absolute Gasteiger partial charge is 0.387 e. The first kappa shape index (κ1) is 15.6. The Labute approximate surface area is 113 Å². The normalized spacial score (nSPS) is 12.4. The number of nitrogens with one attached hydrogen (secondary N) is 1. The minimum absolute atomic E-state index is 0.0142. The van der Waals surface area contributed by atoms with Gasteiger partial charge >= 0.3 is 12.6 Å². The summed E-state index contributed by atoms with van der Waals surface area (Å²) in [6.07, 6.45) is 1.58. The van der Waals surface area contributed by atoms with E-state index in [1.165, 1.54) is 18.2 Å². The quantitative estimate of drug-likeness (QED) is 0.785. The average Bonchev–Trinajstić information content (AvgIpc) is 2.36. The number of rotatable bonds is 6. The van der Waals surface area contributed by atoms with Crippen LogP contribution in [-0.4, -0.2) is 23.6 Å². The van der Waals surface area contributed by atoms with E-state index >= 15 is 0 Å². The lowest BCUT2D eigenvalue weighted by molar-refractivity contribution is -0.131. The van der Waals surface area contributed by atoms with E-state index in [-0.39, 0.29) is 5.75 Å². The second-order valence-corrected chi connectivity index (χ2v) is 3.85. The lowest BCUT2D eigenvalue weighted by atomic mass is 10.1. The summed E-state index contributed by atoms with van der Waals surface area (Å²) in [5.41, 5.74) is 0.556. The zero-order valence-electron chi connectivity index (χ0n) is 10.5. The van der Waals surface area contributed by atoms with E-state index in [1.54, 1.807) is 13.0 Å². The highest BCUT2D eigenvalue weighted by molar-refractivity contribution is 5.94. The number of halogens is 2. The van der Waals surface area contributed by atoms with Gasteiger partial charge in [-0.1, -0.05) is 12.1 Å². The summed E-state index contributed by atoms with van der Waals surface area (Å²) < 4.78 is 28.4. The molecule has 0 radical (unpaired) electrons. The van der Waals surface area contributed by atoms with Crippen molar-refractivity contribution in [3.63, 3.8) is 0 Å². The first-order valence-corrected chi connectivity index (χ1v) is 5.64. The van der Waals surface area contributed by atoms with Crippen molar-refractivity contribution in [2.45, 2.75) is 19.6 Å². The minimum Gasteiger partial charge on any atom is -0.478 e. The Morgan fingerprint density at radius 3 is 2.65 bits per heavy atom. The van der Waals surface area contributed by atoms with E-state index in [1.807, 2.05) is 0 Å². The second kappa shape index (κ2) is 7.22. The van der Waals surface area contributed by atoms with Gasteiger partial charge in [-0.15, -0.1) is 0 Å².